The summed E-state index contributed by atoms with van der Waals surface area (Å²) >= 11 is 12.2. The van der Waals surface area contributed by atoms with Crippen molar-refractivity contribution in [1.82, 2.24) is 4.90 Å². The highest BCUT2D eigenvalue weighted by Crippen LogP contribution is 2.52. The van der Waals surface area contributed by atoms with Gasteiger partial charge < -0.3 is 5.11 Å². The van der Waals surface area contributed by atoms with E-state index in [4.69, 9.17) is 23.2 Å². The number of aliphatic hydroxyl groups excluding tert-OH is 1. The number of rotatable bonds is 1. The van der Waals surface area contributed by atoms with Crippen LogP contribution in [0.4, 0.5) is 0 Å². The Balaban J connectivity index is 1.73. The van der Waals surface area contributed by atoms with Crippen molar-refractivity contribution in [3.05, 3.63) is 33.8 Å². The van der Waals surface area contributed by atoms with Crippen LogP contribution in [0.1, 0.15) is 30.7 Å². The van der Waals surface area contributed by atoms with Crippen molar-refractivity contribution in [2.75, 3.05) is 6.54 Å². The Morgan fingerprint density at radius 1 is 1.16 bits per heavy atom. The lowest BCUT2D eigenvalue weighted by Crippen LogP contribution is -2.41. The van der Waals surface area contributed by atoms with Gasteiger partial charge in [-0.15, -0.1) is 0 Å². The molecule has 4 heteroatoms. The largest absolute Gasteiger partial charge is 0.391 e. The van der Waals surface area contributed by atoms with E-state index in [0.29, 0.717) is 34.0 Å². The third-order valence-corrected chi connectivity index (χ3v) is 6.08. The van der Waals surface area contributed by atoms with Gasteiger partial charge in [-0.1, -0.05) is 29.3 Å². The topological polar surface area (TPSA) is 23.5 Å². The maximum absolute atomic E-state index is 10.4. The van der Waals surface area contributed by atoms with Crippen LogP contribution in [-0.2, 0) is 0 Å². The summed E-state index contributed by atoms with van der Waals surface area (Å²) in [5, 5.41) is 11.6. The number of nitrogens with zero attached hydrogens (tertiary/aromatic N) is 1. The molecular weight excluding hydrogens is 281 g/mol. The van der Waals surface area contributed by atoms with Crippen molar-refractivity contribution in [3.63, 3.8) is 0 Å². The molecule has 4 bridgehead atoms. The second kappa shape index (κ2) is 4.36. The Bertz CT molecular complexity index is 521. The molecule has 0 amide bonds. The Hall–Kier alpha value is -0.280. The van der Waals surface area contributed by atoms with Crippen molar-refractivity contribution in [2.45, 2.75) is 43.4 Å². The Morgan fingerprint density at radius 3 is 2.79 bits per heavy atom. The van der Waals surface area contributed by atoms with Gasteiger partial charge in [0.1, 0.15) is 0 Å². The molecule has 3 fully saturated rings. The summed E-state index contributed by atoms with van der Waals surface area (Å²) < 4.78 is 0. The quantitative estimate of drug-likeness (QED) is 0.860. The van der Waals surface area contributed by atoms with Crippen LogP contribution in [0.25, 0.3) is 0 Å². The maximum Gasteiger partial charge on any atom is 0.0716 e. The van der Waals surface area contributed by atoms with Gasteiger partial charge in [0.25, 0.3) is 0 Å². The van der Waals surface area contributed by atoms with E-state index in [9.17, 15) is 5.11 Å². The van der Waals surface area contributed by atoms with Crippen molar-refractivity contribution >= 4 is 23.2 Å². The van der Waals surface area contributed by atoms with Crippen LogP contribution in [0.3, 0.4) is 0 Å². The summed E-state index contributed by atoms with van der Waals surface area (Å²) in [6.45, 7) is 0.859. The Kier molecular flexibility index (Phi) is 2.86. The summed E-state index contributed by atoms with van der Waals surface area (Å²) in [6.07, 6.45) is 3.49. The first-order chi connectivity index (χ1) is 9.15. The minimum atomic E-state index is -0.185. The molecule has 6 atom stereocenters. The molecular formula is C15H17Cl2NO. The van der Waals surface area contributed by atoms with Gasteiger partial charge in [-0.25, -0.2) is 0 Å². The lowest BCUT2D eigenvalue weighted by Gasteiger charge is -2.37. The van der Waals surface area contributed by atoms with E-state index in [0.717, 1.165) is 13.0 Å². The van der Waals surface area contributed by atoms with E-state index in [1.807, 2.05) is 12.1 Å². The molecule has 19 heavy (non-hydrogen) atoms. The average molecular weight is 298 g/mol. The van der Waals surface area contributed by atoms with Gasteiger partial charge in [-0.3, -0.25) is 4.90 Å². The summed E-state index contributed by atoms with van der Waals surface area (Å²) in [5.74, 6) is 0.803. The number of halogens is 2. The van der Waals surface area contributed by atoms with Crippen molar-refractivity contribution in [1.29, 1.82) is 0 Å². The SMILES string of the molecule is O[C@H]1CN2C3CCC2C1C(c1ccc(Cl)c(Cl)c1)C3. The molecule has 1 N–H and O–H groups in total. The first-order valence-corrected chi connectivity index (χ1v) is 7.79. The van der Waals surface area contributed by atoms with E-state index in [-0.39, 0.29) is 6.10 Å². The summed E-state index contributed by atoms with van der Waals surface area (Å²) in [7, 11) is 0. The molecule has 0 saturated carbocycles. The van der Waals surface area contributed by atoms with Crippen LogP contribution in [0.15, 0.2) is 18.2 Å². The van der Waals surface area contributed by atoms with Crippen LogP contribution in [0.5, 0.6) is 0 Å². The van der Waals surface area contributed by atoms with Crippen LogP contribution >= 0.6 is 23.2 Å². The zero-order valence-electron chi connectivity index (χ0n) is 10.6. The summed E-state index contributed by atoms with van der Waals surface area (Å²) in [6, 6.07) is 7.19. The van der Waals surface area contributed by atoms with Gasteiger partial charge in [-0.05, 0) is 42.9 Å². The molecule has 3 aliphatic heterocycles. The van der Waals surface area contributed by atoms with Crippen LogP contribution in [0.2, 0.25) is 10.0 Å². The van der Waals surface area contributed by atoms with Crippen molar-refractivity contribution in [2.24, 2.45) is 5.92 Å². The van der Waals surface area contributed by atoms with Gasteiger partial charge in [0.15, 0.2) is 0 Å². The normalized spacial score (nSPS) is 43.7. The molecule has 5 unspecified atom stereocenters. The summed E-state index contributed by atoms with van der Waals surface area (Å²) in [4.78, 5) is 2.53. The third kappa shape index (κ3) is 1.77. The monoisotopic (exact) mass is 297 g/mol. The first kappa shape index (κ1) is 12.5. The van der Waals surface area contributed by atoms with Gasteiger partial charge >= 0.3 is 0 Å². The molecule has 3 saturated heterocycles. The second-order valence-electron chi connectivity index (χ2n) is 6.16. The van der Waals surface area contributed by atoms with E-state index >= 15 is 0 Å². The number of hydrogen-bond acceptors (Lipinski definition) is 2. The number of benzene rings is 1. The first-order valence-electron chi connectivity index (χ1n) is 7.04. The lowest BCUT2D eigenvalue weighted by molar-refractivity contribution is 0.113. The standard InChI is InChI=1S/C15H17Cl2NO/c16-11-3-1-8(5-12(11)17)10-6-9-2-4-13-15(10)14(19)7-18(9)13/h1,3,5,9-10,13-15,19H,2,4,6-7H2/t9?,10?,13?,14-,15?/m0/s1. The molecule has 0 radical (unpaired) electrons. The molecule has 2 nitrogen and oxygen atoms in total. The molecule has 0 spiro atoms. The summed E-state index contributed by atoms with van der Waals surface area (Å²) in [5.41, 5.74) is 1.25. The minimum Gasteiger partial charge on any atom is -0.391 e. The van der Waals surface area contributed by atoms with Crippen LogP contribution < -0.4 is 0 Å². The second-order valence-corrected chi connectivity index (χ2v) is 6.97. The highest BCUT2D eigenvalue weighted by molar-refractivity contribution is 6.42. The number of hydrogen-bond donors (Lipinski definition) is 1. The van der Waals surface area contributed by atoms with Gasteiger partial charge in [0.2, 0.25) is 0 Å². The fraction of sp³-hybridized carbons (Fsp3) is 0.600. The molecule has 0 aromatic heterocycles. The Morgan fingerprint density at radius 2 is 2.00 bits per heavy atom. The average Bonchev–Trinajstić information content (AvgIpc) is 2.78. The lowest BCUT2D eigenvalue weighted by atomic mass is 9.77. The highest BCUT2D eigenvalue weighted by Gasteiger charge is 2.55. The van der Waals surface area contributed by atoms with E-state index < -0.39 is 0 Å². The van der Waals surface area contributed by atoms with Crippen LogP contribution in [0, 0.1) is 5.92 Å². The van der Waals surface area contributed by atoms with Gasteiger partial charge in [0, 0.05) is 24.5 Å². The predicted octanol–water partition coefficient (Wildman–Crippen LogP) is 3.30. The van der Waals surface area contributed by atoms with Crippen molar-refractivity contribution in [3.8, 4) is 0 Å². The van der Waals surface area contributed by atoms with E-state index in [2.05, 4.69) is 11.0 Å². The van der Waals surface area contributed by atoms with Crippen LogP contribution in [-0.4, -0.2) is 34.7 Å². The maximum atomic E-state index is 10.4. The number of aliphatic hydroxyl groups is 1. The zero-order chi connectivity index (χ0) is 13.1. The zero-order valence-corrected chi connectivity index (χ0v) is 12.1. The fourth-order valence-electron chi connectivity index (χ4n) is 4.60. The molecule has 0 aliphatic carbocycles. The predicted molar refractivity (Wildman–Crippen MR) is 76.8 cm³/mol. The minimum absolute atomic E-state index is 0.185. The Labute approximate surface area is 123 Å². The van der Waals surface area contributed by atoms with Gasteiger partial charge in [0.05, 0.1) is 16.1 Å². The molecule has 4 rings (SSSR count). The molecule has 3 aliphatic rings. The molecule has 1 aromatic carbocycles. The molecule has 1 aromatic rings. The van der Waals surface area contributed by atoms with Gasteiger partial charge in [-0.2, -0.15) is 0 Å². The number of piperidine rings is 1. The molecule has 102 valence electrons. The fourth-order valence-corrected chi connectivity index (χ4v) is 4.91. The van der Waals surface area contributed by atoms with E-state index in [1.165, 1.54) is 18.4 Å². The van der Waals surface area contributed by atoms with Crippen molar-refractivity contribution < 1.29 is 5.11 Å². The molecule has 3 heterocycles. The van der Waals surface area contributed by atoms with E-state index in [1.54, 1.807) is 0 Å². The smallest absolute Gasteiger partial charge is 0.0716 e. The highest BCUT2D eigenvalue weighted by atomic mass is 35.5. The third-order valence-electron chi connectivity index (χ3n) is 5.34.